The summed E-state index contributed by atoms with van der Waals surface area (Å²) in [5, 5.41) is 23.7. The Hall–Kier alpha value is -2.29. The van der Waals surface area contributed by atoms with Gasteiger partial charge >= 0.3 is 16.3 Å². The quantitative estimate of drug-likeness (QED) is 0.235. The monoisotopic (exact) mass is 529 g/mol. The van der Waals surface area contributed by atoms with Gasteiger partial charge in [0.25, 0.3) is 5.91 Å². The van der Waals surface area contributed by atoms with Crippen LogP contribution in [-0.4, -0.2) is 80.2 Å². The molecule has 6 N–H and O–H groups in total. The third-order valence-corrected chi connectivity index (χ3v) is 7.51. The molecular formula is C23H35N3O9S. The Bertz CT molecular complexity index is 1020. The number of carbonyl (C=O) groups excluding carboxylic acids is 2. The maximum atomic E-state index is 12.4. The molecule has 2 aliphatic rings. The van der Waals surface area contributed by atoms with Crippen molar-refractivity contribution in [2.45, 2.75) is 76.0 Å². The minimum Gasteiger partial charge on any atom is -0.464 e. The average Bonchev–Trinajstić information content (AvgIpc) is 3.13. The Balaban J connectivity index is 1.42. The summed E-state index contributed by atoms with van der Waals surface area (Å²) < 4.78 is 41.5. The van der Waals surface area contributed by atoms with Crippen LogP contribution in [0.4, 0.5) is 5.69 Å². The summed E-state index contributed by atoms with van der Waals surface area (Å²) >= 11 is 0. The van der Waals surface area contributed by atoms with Crippen molar-refractivity contribution in [3.63, 3.8) is 0 Å². The predicted molar refractivity (Wildman–Crippen MR) is 129 cm³/mol. The van der Waals surface area contributed by atoms with Gasteiger partial charge in [0.15, 0.2) is 0 Å². The van der Waals surface area contributed by atoms with Gasteiger partial charge in [0, 0.05) is 12.1 Å². The van der Waals surface area contributed by atoms with Crippen molar-refractivity contribution in [3.8, 4) is 0 Å². The van der Waals surface area contributed by atoms with Gasteiger partial charge in [0.1, 0.15) is 24.4 Å². The number of para-hydroxylation sites is 1. The number of esters is 1. The van der Waals surface area contributed by atoms with Gasteiger partial charge in [-0.25, -0.2) is 9.52 Å². The van der Waals surface area contributed by atoms with Crippen molar-refractivity contribution in [3.05, 3.63) is 29.8 Å². The largest absolute Gasteiger partial charge is 0.464 e. The number of nitrogens with one attached hydrogen (secondary N) is 2. The van der Waals surface area contributed by atoms with Crippen LogP contribution in [0.5, 0.6) is 0 Å². The van der Waals surface area contributed by atoms with Gasteiger partial charge in [0.05, 0.1) is 25.4 Å². The molecule has 1 saturated heterocycles. The molecule has 1 aromatic carbocycles. The fourth-order valence-corrected chi connectivity index (χ4v) is 4.84. The lowest BCUT2D eigenvalue weighted by Crippen LogP contribution is -2.47. The molecule has 1 aromatic rings. The number of ether oxygens (including phenoxy) is 2. The zero-order valence-corrected chi connectivity index (χ0v) is 21.1. The number of fused-ring (bicyclic) bond motifs is 1. The zero-order chi connectivity index (χ0) is 26.5. The molecule has 0 aromatic heterocycles. The van der Waals surface area contributed by atoms with E-state index in [-0.39, 0.29) is 18.9 Å². The number of hydrogen-bond acceptors (Lipinski definition) is 11. The SMILES string of the molecule is CCC(C)C(N)C(=O)NS(=O)(=O)OCC1OC(CCOC(=O)C2CCc3ccccc3N2)C(O)C1O. The number of anilines is 1. The Labute approximate surface area is 210 Å². The third kappa shape index (κ3) is 7.14. The van der Waals surface area contributed by atoms with Crippen molar-refractivity contribution in [2.24, 2.45) is 11.7 Å². The maximum Gasteiger partial charge on any atom is 0.362 e. The molecule has 2 aliphatic heterocycles. The molecule has 3 rings (SSSR count). The average molecular weight is 530 g/mol. The number of benzene rings is 1. The highest BCUT2D eigenvalue weighted by atomic mass is 32.2. The van der Waals surface area contributed by atoms with Crippen LogP contribution in [0.2, 0.25) is 0 Å². The van der Waals surface area contributed by atoms with Crippen molar-refractivity contribution >= 4 is 27.9 Å². The van der Waals surface area contributed by atoms with Gasteiger partial charge < -0.3 is 30.7 Å². The predicted octanol–water partition coefficient (Wildman–Crippen LogP) is -0.413. The van der Waals surface area contributed by atoms with Crippen molar-refractivity contribution in [1.82, 2.24) is 4.72 Å². The number of amides is 1. The Morgan fingerprint density at radius 2 is 1.94 bits per heavy atom. The highest BCUT2D eigenvalue weighted by Crippen LogP contribution is 2.26. The van der Waals surface area contributed by atoms with Crippen LogP contribution in [0, 0.1) is 5.92 Å². The Morgan fingerprint density at radius 1 is 1.25 bits per heavy atom. The van der Waals surface area contributed by atoms with Gasteiger partial charge in [-0.2, -0.15) is 8.42 Å². The summed E-state index contributed by atoms with van der Waals surface area (Å²) in [6, 6.07) is 6.18. The molecule has 2 heterocycles. The summed E-state index contributed by atoms with van der Waals surface area (Å²) in [6.45, 7) is 2.82. The lowest BCUT2D eigenvalue weighted by Gasteiger charge is -2.25. The fraction of sp³-hybridized carbons (Fsp3) is 0.652. The van der Waals surface area contributed by atoms with Gasteiger partial charge in [-0.05, 0) is 30.4 Å². The second-order valence-corrected chi connectivity index (χ2v) is 10.5. The Kier molecular flexibility index (Phi) is 9.66. The van der Waals surface area contributed by atoms with Crippen LogP contribution in [0.25, 0.3) is 0 Å². The smallest absolute Gasteiger partial charge is 0.362 e. The molecule has 0 bridgehead atoms. The molecule has 202 valence electrons. The first-order chi connectivity index (χ1) is 17.0. The number of aryl methyl sites for hydroxylation is 1. The first-order valence-electron chi connectivity index (χ1n) is 12.0. The summed E-state index contributed by atoms with van der Waals surface area (Å²) in [5.74, 6) is -1.59. The van der Waals surface area contributed by atoms with Crippen LogP contribution in [0.3, 0.4) is 0 Å². The molecule has 7 atom stereocenters. The number of nitrogens with two attached hydrogens (primary N) is 1. The van der Waals surface area contributed by atoms with Gasteiger partial charge in [-0.15, -0.1) is 0 Å². The van der Waals surface area contributed by atoms with E-state index in [4.69, 9.17) is 19.4 Å². The molecule has 0 aliphatic carbocycles. The highest BCUT2D eigenvalue weighted by molar-refractivity contribution is 7.85. The normalized spacial score (nSPS) is 27.4. The van der Waals surface area contributed by atoms with E-state index in [0.29, 0.717) is 12.8 Å². The van der Waals surface area contributed by atoms with E-state index in [1.54, 1.807) is 11.6 Å². The van der Waals surface area contributed by atoms with E-state index >= 15 is 0 Å². The van der Waals surface area contributed by atoms with Gasteiger partial charge in [0.2, 0.25) is 0 Å². The summed E-state index contributed by atoms with van der Waals surface area (Å²) in [5.41, 5.74) is 7.74. The zero-order valence-electron chi connectivity index (χ0n) is 20.3. The maximum absolute atomic E-state index is 12.4. The summed E-state index contributed by atoms with van der Waals surface area (Å²) in [7, 11) is -4.50. The van der Waals surface area contributed by atoms with E-state index in [0.717, 1.165) is 17.7 Å². The lowest BCUT2D eigenvalue weighted by atomic mass is 9.98. The molecule has 12 nitrogen and oxygen atoms in total. The first kappa shape index (κ1) is 28.3. The van der Waals surface area contributed by atoms with Crippen molar-refractivity contribution in [1.29, 1.82) is 0 Å². The number of aliphatic hydroxyl groups excluding tert-OH is 2. The Morgan fingerprint density at radius 3 is 2.67 bits per heavy atom. The number of hydrogen-bond donors (Lipinski definition) is 5. The third-order valence-electron chi connectivity index (χ3n) is 6.61. The molecule has 13 heteroatoms. The molecule has 0 spiro atoms. The van der Waals surface area contributed by atoms with Crippen LogP contribution in [0.1, 0.15) is 38.7 Å². The topological polar surface area (TPSA) is 187 Å². The summed E-state index contributed by atoms with van der Waals surface area (Å²) in [6.07, 6.45) is -2.86. The van der Waals surface area contributed by atoms with Crippen LogP contribution >= 0.6 is 0 Å². The van der Waals surface area contributed by atoms with Crippen molar-refractivity contribution in [2.75, 3.05) is 18.5 Å². The van der Waals surface area contributed by atoms with E-state index in [1.165, 1.54) is 0 Å². The number of aliphatic hydroxyl groups is 2. The highest BCUT2D eigenvalue weighted by Gasteiger charge is 2.43. The van der Waals surface area contributed by atoms with Crippen LogP contribution < -0.4 is 15.8 Å². The van der Waals surface area contributed by atoms with Crippen molar-refractivity contribution < 1.29 is 41.9 Å². The molecule has 0 radical (unpaired) electrons. The van der Waals surface area contributed by atoms with E-state index in [2.05, 4.69) is 5.32 Å². The van der Waals surface area contributed by atoms with Crippen LogP contribution in [0.15, 0.2) is 24.3 Å². The molecule has 1 amide bonds. The molecule has 36 heavy (non-hydrogen) atoms. The van der Waals surface area contributed by atoms with E-state index in [1.807, 2.05) is 31.2 Å². The van der Waals surface area contributed by atoms with Gasteiger partial charge in [-0.3, -0.25) is 8.98 Å². The number of carbonyl (C=O) groups is 2. The number of rotatable bonds is 11. The van der Waals surface area contributed by atoms with E-state index in [9.17, 15) is 28.2 Å². The minimum absolute atomic E-state index is 0.0669. The second-order valence-electron chi connectivity index (χ2n) is 9.16. The fourth-order valence-electron chi connectivity index (χ4n) is 4.08. The minimum atomic E-state index is -4.50. The molecular weight excluding hydrogens is 494 g/mol. The van der Waals surface area contributed by atoms with Gasteiger partial charge in [-0.1, -0.05) is 38.5 Å². The molecule has 7 unspecified atom stereocenters. The lowest BCUT2D eigenvalue weighted by molar-refractivity contribution is -0.146. The van der Waals surface area contributed by atoms with Crippen LogP contribution in [-0.2, 0) is 40.0 Å². The van der Waals surface area contributed by atoms with E-state index < -0.39 is 65.3 Å². The summed E-state index contributed by atoms with van der Waals surface area (Å²) in [4.78, 5) is 24.4. The molecule has 0 saturated carbocycles. The second kappa shape index (κ2) is 12.3. The molecule has 1 fully saturated rings. The standard InChI is InChI=1S/C23H35N3O9S/c1-3-13(2)19(24)22(29)26-36(31,32)34-12-18-21(28)20(27)17(35-18)10-11-33-23(30)16-9-8-14-6-4-5-7-15(14)25-16/h4-7,13,16-21,25,27-28H,3,8-12,24H2,1-2H3,(H,26,29). The first-order valence-corrected chi connectivity index (χ1v) is 13.4.